The van der Waals surface area contributed by atoms with E-state index < -0.39 is 24.4 Å². The van der Waals surface area contributed by atoms with Gasteiger partial charge in [0, 0.05) is 0 Å². The molecule has 260 valence electrons. The zero-order valence-corrected chi connectivity index (χ0v) is 27.5. The number of aromatic hydroxyl groups is 4. The highest BCUT2D eigenvalue weighted by Gasteiger charge is 2.14. The summed E-state index contributed by atoms with van der Waals surface area (Å²) >= 11 is 0. The molecule has 8 N–H and O–H groups in total. The molecule has 0 aromatic heterocycles. The molecule has 4 atom stereocenters. The van der Waals surface area contributed by atoms with Crippen molar-refractivity contribution in [3.05, 3.63) is 113 Å². The molecule has 4 rings (SSSR count). The summed E-state index contributed by atoms with van der Waals surface area (Å²) in [6.45, 7) is 0. The number of aliphatic hydroxyl groups is 4. The number of methoxy groups -OCH3 is 1. The Morgan fingerprint density at radius 2 is 0.729 bits per heavy atom. The molecule has 9 nitrogen and oxygen atoms in total. The van der Waals surface area contributed by atoms with Crippen molar-refractivity contribution in [1.82, 2.24) is 0 Å². The molecule has 0 spiro atoms. The molecule has 4 unspecified atom stereocenters. The van der Waals surface area contributed by atoms with Crippen molar-refractivity contribution in [3.8, 4) is 28.7 Å². The van der Waals surface area contributed by atoms with Crippen molar-refractivity contribution in [3.63, 3.8) is 0 Å². The number of benzene rings is 4. The van der Waals surface area contributed by atoms with Gasteiger partial charge in [-0.1, -0.05) is 42.5 Å². The van der Waals surface area contributed by atoms with Gasteiger partial charge >= 0.3 is 0 Å². The fraction of sp³-hybridized carbons (Fsp3) is 0.385. The van der Waals surface area contributed by atoms with Crippen molar-refractivity contribution in [1.29, 1.82) is 0 Å². The van der Waals surface area contributed by atoms with Crippen LogP contribution >= 0.6 is 0 Å². The topological polar surface area (TPSA) is 171 Å². The van der Waals surface area contributed by atoms with E-state index in [1.165, 1.54) is 7.11 Å². The average molecular weight is 663 g/mol. The summed E-state index contributed by atoms with van der Waals surface area (Å²) in [5.74, 6) is 1.21. The van der Waals surface area contributed by atoms with E-state index in [1.807, 2.05) is 36.4 Å². The summed E-state index contributed by atoms with van der Waals surface area (Å²) in [4.78, 5) is 0. The minimum atomic E-state index is -0.588. The molecular weight excluding hydrogens is 612 g/mol. The number of aryl methyl sites for hydroxylation is 4. The monoisotopic (exact) mass is 662 g/mol. The van der Waals surface area contributed by atoms with E-state index in [4.69, 9.17) is 4.74 Å². The summed E-state index contributed by atoms with van der Waals surface area (Å²) in [5, 5.41) is 77.5. The number of rotatable bonds is 17. The fourth-order valence-electron chi connectivity index (χ4n) is 5.30. The molecule has 0 saturated heterocycles. The molecule has 4 aromatic rings. The van der Waals surface area contributed by atoms with E-state index in [0.29, 0.717) is 70.0 Å². The number of aliphatic hydroxyl groups excluding tert-OH is 4. The van der Waals surface area contributed by atoms with Gasteiger partial charge in [0.1, 0.15) is 17.2 Å². The van der Waals surface area contributed by atoms with Crippen LogP contribution in [-0.4, -0.2) is 72.4 Å². The van der Waals surface area contributed by atoms with Crippen molar-refractivity contribution in [2.45, 2.75) is 88.6 Å². The van der Waals surface area contributed by atoms with Crippen LogP contribution in [0.25, 0.3) is 0 Å². The van der Waals surface area contributed by atoms with Crippen LogP contribution in [0.3, 0.4) is 0 Å². The Bertz CT molecular complexity index is 1400. The van der Waals surface area contributed by atoms with Crippen LogP contribution in [0.1, 0.15) is 60.8 Å². The number of hydrogen-bond donors (Lipinski definition) is 8. The Morgan fingerprint density at radius 1 is 0.438 bits per heavy atom. The van der Waals surface area contributed by atoms with Gasteiger partial charge in [-0.25, -0.2) is 0 Å². The average Bonchev–Trinajstić information content (AvgIpc) is 3.07. The maximum absolute atomic E-state index is 10.1. The second-order valence-electron chi connectivity index (χ2n) is 12.2. The Hall–Kier alpha value is -4.28. The number of phenolic OH excluding ortho intramolecular Hbond substituents is 4. The Kier molecular flexibility index (Phi) is 16.0. The largest absolute Gasteiger partial charge is 0.508 e. The van der Waals surface area contributed by atoms with Crippen molar-refractivity contribution >= 4 is 0 Å². The molecule has 0 fully saturated rings. The standard InChI is InChI=1S/C20H26O5.C19H24O4/c1-25-20-12-15(6-11-19(20)24)5-10-18(23)13-17(22)9-4-14-2-7-16(21)8-3-14;20-16-7-1-14(2-8-16)5-11-18(22)13-19(23)12-6-15-3-9-17(21)10-4-15/h2-3,6-8,11-12,17-18,21-24H,4-5,9-10,13H2,1H3;1-4,7-10,18-23H,5-6,11-13H2. The minimum Gasteiger partial charge on any atom is -0.508 e. The first kappa shape index (κ1) is 38.2. The molecule has 9 heteroatoms. The van der Waals surface area contributed by atoms with Gasteiger partial charge in [0.15, 0.2) is 11.5 Å². The van der Waals surface area contributed by atoms with E-state index in [-0.39, 0.29) is 23.0 Å². The first-order valence-corrected chi connectivity index (χ1v) is 16.4. The van der Waals surface area contributed by atoms with Gasteiger partial charge in [0.25, 0.3) is 0 Å². The van der Waals surface area contributed by atoms with Gasteiger partial charge in [-0.3, -0.25) is 0 Å². The Labute approximate surface area is 283 Å². The number of phenols is 4. The molecule has 0 aliphatic heterocycles. The van der Waals surface area contributed by atoms with Crippen LogP contribution in [0.15, 0.2) is 91.0 Å². The molecule has 0 saturated carbocycles. The molecule has 48 heavy (non-hydrogen) atoms. The predicted octanol–water partition coefficient (Wildman–Crippen LogP) is 5.56. The third-order valence-electron chi connectivity index (χ3n) is 8.21. The number of hydrogen-bond acceptors (Lipinski definition) is 9. The van der Waals surface area contributed by atoms with E-state index in [2.05, 4.69) is 0 Å². The lowest BCUT2D eigenvalue weighted by molar-refractivity contribution is 0.0708. The first-order chi connectivity index (χ1) is 23.0. The van der Waals surface area contributed by atoms with Gasteiger partial charge in [-0.2, -0.15) is 0 Å². The summed E-state index contributed by atoms with van der Waals surface area (Å²) in [5.41, 5.74) is 4.12. The molecule has 4 aromatic carbocycles. The molecular formula is C39H50O9. The summed E-state index contributed by atoms with van der Waals surface area (Å²) < 4.78 is 5.07. The molecule has 0 aliphatic rings. The van der Waals surface area contributed by atoms with Crippen LogP contribution in [0.2, 0.25) is 0 Å². The van der Waals surface area contributed by atoms with Crippen LogP contribution in [0.4, 0.5) is 0 Å². The van der Waals surface area contributed by atoms with Crippen molar-refractivity contribution in [2.75, 3.05) is 7.11 Å². The SMILES string of the molecule is COc1cc(CCC(O)CC(O)CCc2ccc(O)cc2)ccc1O.Oc1ccc(CCC(O)CC(O)CCc2ccc(O)cc2)cc1. The summed E-state index contributed by atoms with van der Waals surface area (Å²) in [6, 6.07) is 25.9. The third kappa shape index (κ3) is 14.6. The van der Waals surface area contributed by atoms with Crippen LogP contribution in [-0.2, 0) is 25.7 Å². The third-order valence-corrected chi connectivity index (χ3v) is 8.21. The second-order valence-corrected chi connectivity index (χ2v) is 12.2. The smallest absolute Gasteiger partial charge is 0.160 e. The van der Waals surface area contributed by atoms with Gasteiger partial charge in [0.2, 0.25) is 0 Å². The maximum atomic E-state index is 10.1. The molecule has 0 radical (unpaired) electrons. The second kappa shape index (κ2) is 20.2. The Morgan fingerprint density at radius 3 is 1.04 bits per heavy atom. The van der Waals surface area contributed by atoms with Gasteiger partial charge in [0.05, 0.1) is 31.5 Å². The quantitative estimate of drug-likeness (QED) is 0.0721. The van der Waals surface area contributed by atoms with Gasteiger partial charge in [-0.15, -0.1) is 0 Å². The first-order valence-electron chi connectivity index (χ1n) is 16.4. The summed E-state index contributed by atoms with van der Waals surface area (Å²) in [6.07, 6.45) is 3.47. The molecule has 0 amide bonds. The van der Waals surface area contributed by atoms with Gasteiger partial charge < -0.3 is 45.6 Å². The predicted molar refractivity (Wildman–Crippen MR) is 186 cm³/mol. The lowest BCUT2D eigenvalue weighted by atomic mass is 9.99. The van der Waals surface area contributed by atoms with E-state index >= 15 is 0 Å². The lowest BCUT2D eigenvalue weighted by Gasteiger charge is -2.16. The normalized spacial score (nSPS) is 13.5. The van der Waals surface area contributed by atoms with E-state index in [9.17, 15) is 40.9 Å². The fourth-order valence-corrected chi connectivity index (χ4v) is 5.30. The van der Waals surface area contributed by atoms with Crippen molar-refractivity contribution in [2.24, 2.45) is 0 Å². The summed E-state index contributed by atoms with van der Waals surface area (Å²) in [7, 11) is 1.50. The Balaban J connectivity index is 0.000000261. The minimum absolute atomic E-state index is 0.0939. The van der Waals surface area contributed by atoms with Crippen LogP contribution in [0, 0.1) is 0 Å². The molecule has 0 aliphatic carbocycles. The van der Waals surface area contributed by atoms with Crippen LogP contribution < -0.4 is 4.74 Å². The highest BCUT2D eigenvalue weighted by molar-refractivity contribution is 5.41. The highest BCUT2D eigenvalue weighted by atomic mass is 16.5. The van der Waals surface area contributed by atoms with E-state index in [0.717, 1.165) is 22.3 Å². The van der Waals surface area contributed by atoms with Gasteiger partial charge in [-0.05, 0) is 135 Å². The van der Waals surface area contributed by atoms with Crippen LogP contribution in [0.5, 0.6) is 28.7 Å². The zero-order chi connectivity index (χ0) is 34.9. The van der Waals surface area contributed by atoms with E-state index in [1.54, 1.807) is 54.6 Å². The van der Waals surface area contributed by atoms with Crippen molar-refractivity contribution < 1.29 is 45.6 Å². The highest BCUT2D eigenvalue weighted by Crippen LogP contribution is 2.27. The molecule has 0 bridgehead atoms. The number of ether oxygens (including phenoxy) is 1. The maximum Gasteiger partial charge on any atom is 0.160 e. The zero-order valence-electron chi connectivity index (χ0n) is 27.5. The lowest BCUT2D eigenvalue weighted by Crippen LogP contribution is -2.19. The molecule has 0 heterocycles.